The average molecular weight is 496 g/mol. The number of esters is 1. The highest BCUT2D eigenvalue weighted by molar-refractivity contribution is 5.94. The summed E-state index contributed by atoms with van der Waals surface area (Å²) in [7, 11) is 0. The number of ether oxygens (including phenoxy) is 1. The van der Waals surface area contributed by atoms with E-state index in [1.807, 2.05) is 11.5 Å². The molecule has 1 amide bonds. The molecular weight excluding hydrogens is 462 g/mol. The Morgan fingerprint density at radius 3 is 2.58 bits per heavy atom. The maximum absolute atomic E-state index is 12.8. The molecule has 1 aliphatic rings. The van der Waals surface area contributed by atoms with Gasteiger partial charge in [0.25, 0.3) is 5.56 Å². The number of aryl methyl sites for hydroxylation is 4. The summed E-state index contributed by atoms with van der Waals surface area (Å²) in [5.41, 5.74) is 1.50. The molecule has 0 saturated heterocycles. The molecule has 0 aliphatic carbocycles. The predicted molar refractivity (Wildman–Crippen MR) is 136 cm³/mol. The van der Waals surface area contributed by atoms with Crippen LogP contribution >= 0.6 is 0 Å². The largest absolute Gasteiger partial charge is 0.427 e. The molecular formula is C26H33N5O5. The van der Waals surface area contributed by atoms with Gasteiger partial charge in [-0.1, -0.05) is 33.1 Å². The molecule has 0 spiro atoms. The van der Waals surface area contributed by atoms with Crippen molar-refractivity contribution in [2.45, 2.75) is 84.7 Å². The number of hydrogen-bond acceptors (Lipinski definition) is 6. The van der Waals surface area contributed by atoms with Gasteiger partial charge in [0, 0.05) is 31.6 Å². The normalized spacial score (nSPS) is 13.0. The second kappa shape index (κ2) is 11.4. The molecule has 2 aromatic heterocycles. The zero-order chi connectivity index (χ0) is 25.7. The Kier molecular flexibility index (Phi) is 8.02. The van der Waals surface area contributed by atoms with E-state index in [0.29, 0.717) is 48.7 Å². The van der Waals surface area contributed by atoms with E-state index in [1.54, 1.807) is 18.2 Å². The van der Waals surface area contributed by atoms with Crippen molar-refractivity contribution < 1.29 is 14.3 Å². The van der Waals surface area contributed by atoms with E-state index in [1.165, 1.54) is 4.57 Å². The Bertz CT molecular complexity index is 1380. The zero-order valence-corrected chi connectivity index (χ0v) is 20.9. The molecule has 0 saturated carbocycles. The molecule has 36 heavy (non-hydrogen) atoms. The molecule has 1 aliphatic heterocycles. The molecule has 2 N–H and O–H groups in total. The number of hydrogen-bond donors (Lipinski definition) is 2. The lowest BCUT2D eigenvalue weighted by Crippen LogP contribution is -2.31. The van der Waals surface area contributed by atoms with Crippen LogP contribution in [-0.2, 0) is 35.5 Å². The van der Waals surface area contributed by atoms with E-state index < -0.39 is 17.2 Å². The van der Waals surface area contributed by atoms with Crippen LogP contribution in [0.15, 0.2) is 27.8 Å². The zero-order valence-electron chi connectivity index (χ0n) is 20.9. The lowest BCUT2D eigenvalue weighted by atomic mass is 10.0. The van der Waals surface area contributed by atoms with Crippen LogP contribution in [0.5, 0.6) is 5.75 Å². The number of imidazole rings is 1. The van der Waals surface area contributed by atoms with Gasteiger partial charge >= 0.3 is 11.7 Å². The topological polar surface area (TPSA) is 128 Å². The maximum Gasteiger partial charge on any atom is 0.330 e. The van der Waals surface area contributed by atoms with E-state index in [9.17, 15) is 19.2 Å². The molecule has 4 rings (SSSR count). The SMILES string of the molecule is CCCCCn1c(CCC(=O)Oc2ccc3c(c2)CCC(=O)N3)nc2c1c(=O)[nH]c(=O)n2CCCC. The Hall–Kier alpha value is -3.69. The van der Waals surface area contributed by atoms with Gasteiger partial charge in [-0.15, -0.1) is 0 Å². The minimum absolute atomic E-state index is 0.0204. The lowest BCUT2D eigenvalue weighted by Gasteiger charge is -2.17. The number of amides is 1. The van der Waals surface area contributed by atoms with E-state index in [0.717, 1.165) is 43.4 Å². The van der Waals surface area contributed by atoms with Crippen LogP contribution in [0.3, 0.4) is 0 Å². The van der Waals surface area contributed by atoms with Crippen LogP contribution < -0.4 is 21.3 Å². The number of benzene rings is 1. The molecule has 0 atom stereocenters. The van der Waals surface area contributed by atoms with E-state index in [2.05, 4.69) is 22.2 Å². The Balaban J connectivity index is 1.55. The predicted octanol–water partition coefficient (Wildman–Crippen LogP) is 3.30. The molecule has 10 heteroatoms. The summed E-state index contributed by atoms with van der Waals surface area (Å²) in [4.78, 5) is 56.6. The third kappa shape index (κ3) is 5.58. The monoisotopic (exact) mass is 495 g/mol. The van der Waals surface area contributed by atoms with Gasteiger partial charge in [-0.25, -0.2) is 9.78 Å². The van der Waals surface area contributed by atoms with Crippen LogP contribution in [0.25, 0.3) is 11.2 Å². The first-order chi connectivity index (χ1) is 17.4. The highest BCUT2D eigenvalue weighted by Gasteiger charge is 2.20. The molecule has 0 unspecified atom stereocenters. The number of nitrogens with zero attached hydrogens (tertiary/aromatic N) is 3. The van der Waals surface area contributed by atoms with Crippen LogP contribution in [0.4, 0.5) is 5.69 Å². The first-order valence-corrected chi connectivity index (χ1v) is 12.8. The Labute approximate surface area is 208 Å². The molecule has 0 fully saturated rings. The molecule has 3 aromatic rings. The van der Waals surface area contributed by atoms with Crippen molar-refractivity contribution in [2.75, 3.05) is 5.32 Å². The maximum atomic E-state index is 12.8. The van der Waals surface area contributed by atoms with Crippen LogP contribution in [0.1, 0.15) is 70.2 Å². The number of aromatic nitrogens is 4. The number of carbonyl (C=O) groups is 2. The van der Waals surface area contributed by atoms with Crippen molar-refractivity contribution in [3.05, 3.63) is 50.4 Å². The number of fused-ring (bicyclic) bond motifs is 2. The second-order valence-electron chi connectivity index (χ2n) is 9.16. The summed E-state index contributed by atoms with van der Waals surface area (Å²) in [5, 5.41) is 2.81. The number of nitrogens with one attached hydrogen (secondary N) is 2. The number of H-pyrrole nitrogens is 1. The molecule has 1 aromatic carbocycles. The quantitative estimate of drug-likeness (QED) is 0.239. The Morgan fingerprint density at radius 1 is 1.03 bits per heavy atom. The van der Waals surface area contributed by atoms with Gasteiger partial charge < -0.3 is 14.6 Å². The molecule has 3 heterocycles. The third-order valence-electron chi connectivity index (χ3n) is 6.44. The van der Waals surface area contributed by atoms with Crippen molar-refractivity contribution in [2.24, 2.45) is 0 Å². The van der Waals surface area contributed by atoms with Crippen LogP contribution in [0, 0.1) is 0 Å². The van der Waals surface area contributed by atoms with Crippen molar-refractivity contribution in [1.29, 1.82) is 0 Å². The smallest absolute Gasteiger partial charge is 0.330 e. The van der Waals surface area contributed by atoms with Crippen molar-refractivity contribution in [3.8, 4) is 5.75 Å². The van der Waals surface area contributed by atoms with Gasteiger partial charge in [0.2, 0.25) is 5.91 Å². The standard InChI is InChI=1S/C26H33N5O5/c1-3-5-7-15-30-20(28-24-23(30)25(34)29-26(35)31(24)14-6-4-2)11-13-22(33)36-18-9-10-19-17(16-18)8-12-21(32)27-19/h9-10,16H,3-8,11-15H2,1-2H3,(H,27,32)(H,29,34,35). The summed E-state index contributed by atoms with van der Waals surface area (Å²) in [6, 6.07) is 5.18. The fourth-order valence-electron chi connectivity index (χ4n) is 4.51. The van der Waals surface area contributed by atoms with Crippen molar-refractivity contribution in [3.63, 3.8) is 0 Å². The number of rotatable bonds is 11. The van der Waals surface area contributed by atoms with E-state index in [4.69, 9.17) is 4.74 Å². The molecule has 192 valence electrons. The van der Waals surface area contributed by atoms with Gasteiger partial charge in [0.15, 0.2) is 11.2 Å². The number of aromatic amines is 1. The lowest BCUT2D eigenvalue weighted by molar-refractivity contribution is -0.134. The highest BCUT2D eigenvalue weighted by atomic mass is 16.5. The minimum Gasteiger partial charge on any atom is -0.427 e. The molecule has 0 radical (unpaired) electrons. The first-order valence-electron chi connectivity index (χ1n) is 12.8. The van der Waals surface area contributed by atoms with Gasteiger partial charge in [-0.05, 0) is 43.0 Å². The van der Waals surface area contributed by atoms with Gasteiger partial charge in [-0.3, -0.25) is 23.9 Å². The minimum atomic E-state index is -0.464. The van der Waals surface area contributed by atoms with Crippen molar-refractivity contribution >= 4 is 28.7 Å². The van der Waals surface area contributed by atoms with Gasteiger partial charge in [0.1, 0.15) is 11.6 Å². The summed E-state index contributed by atoms with van der Waals surface area (Å²) in [6.07, 6.45) is 5.92. The molecule has 0 bridgehead atoms. The number of carbonyl (C=O) groups excluding carboxylic acids is 2. The Morgan fingerprint density at radius 2 is 1.81 bits per heavy atom. The van der Waals surface area contributed by atoms with Crippen molar-refractivity contribution in [1.82, 2.24) is 19.1 Å². The van der Waals surface area contributed by atoms with E-state index >= 15 is 0 Å². The number of unbranched alkanes of at least 4 members (excludes halogenated alkanes) is 3. The highest BCUT2D eigenvalue weighted by Crippen LogP contribution is 2.27. The van der Waals surface area contributed by atoms with Crippen LogP contribution in [-0.4, -0.2) is 31.0 Å². The third-order valence-corrected chi connectivity index (χ3v) is 6.44. The summed E-state index contributed by atoms with van der Waals surface area (Å²) in [5.74, 6) is 0.580. The number of anilines is 1. The fourth-order valence-corrected chi connectivity index (χ4v) is 4.51. The summed E-state index contributed by atoms with van der Waals surface area (Å²) < 4.78 is 8.92. The van der Waals surface area contributed by atoms with E-state index in [-0.39, 0.29) is 18.7 Å². The summed E-state index contributed by atoms with van der Waals surface area (Å²) in [6.45, 7) is 5.19. The molecule has 10 nitrogen and oxygen atoms in total. The average Bonchev–Trinajstić information content (AvgIpc) is 3.21. The fraction of sp³-hybridized carbons (Fsp3) is 0.500. The first kappa shape index (κ1) is 25.4. The van der Waals surface area contributed by atoms with Gasteiger partial charge in [-0.2, -0.15) is 0 Å². The summed E-state index contributed by atoms with van der Waals surface area (Å²) >= 11 is 0. The van der Waals surface area contributed by atoms with Gasteiger partial charge in [0.05, 0.1) is 6.42 Å². The second-order valence-corrected chi connectivity index (χ2v) is 9.16. The van der Waals surface area contributed by atoms with Crippen LogP contribution in [0.2, 0.25) is 0 Å².